The smallest absolute Gasteiger partial charge is 0.418 e. The van der Waals surface area contributed by atoms with Crippen LogP contribution in [0.5, 0.6) is 0 Å². The van der Waals surface area contributed by atoms with Crippen LogP contribution in [0.2, 0.25) is 6.55 Å². The maximum atomic E-state index is 4.86. The number of allylic oxidation sites excluding steroid dienone is 3. The largest absolute Gasteiger partial charge is 2.00 e. The summed E-state index contributed by atoms with van der Waals surface area (Å²) in [5, 5.41) is 5.45. The zero-order valence-electron chi connectivity index (χ0n) is 19.5. The van der Waals surface area contributed by atoms with Crippen LogP contribution in [0, 0.1) is 13.8 Å². The molecular weight excluding hydrogens is 472 g/mol. The van der Waals surface area contributed by atoms with Gasteiger partial charge in [-0.25, -0.2) is 0 Å². The first-order valence-corrected chi connectivity index (χ1v) is 11.7. The minimum absolute atomic E-state index is 0. The minimum Gasteiger partial charge on any atom is -0.418 e. The Morgan fingerprint density at radius 2 is 1.35 bits per heavy atom. The second-order valence-corrected chi connectivity index (χ2v) is 7.30. The van der Waals surface area contributed by atoms with Gasteiger partial charge >= 0.3 is 26.2 Å². The van der Waals surface area contributed by atoms with Gasteiger partial charge in [0.15, 0.2) is 0 Å². The topological polar surface area (TPSA) is 9.23 Å². The maximum Gasteiger partial charge on any atom is 2.00 e. The molecule has 2 radical (unpaired) electrons. The van der Waals surface area contributed by atoms with Gasteiger partial charge in [-0.1, -0.05) is 50.8 Å². The fraction of sp³-hybridized carbons (Fsp3) is 0.214. The quantitative estimate of drug-likeness (QED) is 0.155. The summed E-state index contributed by atoms with van der Waals surface area (Å²) >= 11 is 0. The number of benzene rings is 2. The molecule has 0 aliphatic rings. The number of hydrogen-bond donors (Lipinski definition) is 0. The number of aryl methyl sites for hydroxylation is 2. The van der Waals surface area contributed by atoms with Crippen molar-refractivity contribution < 1.29 is 30.6 Å². The molecule has 3 heteroatoms. The van der Waals surface area contributed by atoms with Crippen LogP contribution in [-0.2, 0) is 30.6 Å². The normalized spacial score (nSPS) is 9.58. The van der Waals surface area contributed by atoms with E-state index >= 15 is 0 Å². The van der Waals surface area contributed by atoms with Crippen molar-refractivity contribution in [3.05, 3.63) is 109 Å². The van der Waals surface area contributed by atoms with Gasteiger partial charge in [0.25, 0.3) is 0 Å². The molecule has 4 aromatic carbocycles. The maximum absolute atomic E-state index is 4.86. The molecule has 0 atom stereocenters. The van der Waals surface area contributed by atoms with Crippen molar-refractivity contribution >= 4 is 31.3 Å². The second kappa shape index (κ2) is 17.8. The molecule has 0 unspecified atom stereocenters. The third-order valence-corrected chi connectivity index (χ3v) is 4.99. The Morgan fingerprint density at radius 1 is 0.903 bits per heavy atom. The summed E-state index contributed by atoms with van der Waals surface area (Å²) in [7, 11) is 0.658. The molecule has 4 rings (SSSR count). The summed E-state index contributed by atoms with van der Waals surface area (Å²) < 4.78 is 4.86. The van der Waals surface area contributed by atoms with E-state index in [0.717, 1.165) is 6.61 Å². The van der Waals surface area contributed by atoms with Crippen molar-refractivity contribution in [2.24, 2.45) is 0 Å². The van der Waals surface area contributed by atoms with Gasteiger partial charge in [-0.3, -0.25) is 0 Å². The van der Waals surface area contributed by atoms with Crippen molar-refractivity contribution in [3.63, 3.8) is 0 Å². The van der Waals surface area contributed by atoms with E-state index in [1.165, 1.54) is 32.7 Å². The molecule has 0 aliphatic heterocycles. The summed E-state index contributed by atoms with van der Waals surface area (Å²) in [5.74, 6) is 0. The third-order valence-electron chi connectivity index (χ3n) is 4.41. The molecule has 0 fully saturated rings. The predicted octanol–water partition coefficient (Wildman–Crippen LogP) is 8.17. The SMILES string of the molecule is C=CC=CC.CCO[Si]C.Cc1c[cH-]c2ccccc12.Cc1c[cH-]c2ccccc12.[Zr+2]. The molecule has 0 aliphatic carbocycles. The first-order valence-electron chi connectivity index (χ1n) is 10.3. The van der Waals surface area contributed by atoms with Gasteiger partial charge in [0.2, 0.25) is 9.76 Å². The van der Waals surface area contributed by atoms with E-state index in [2.05, 4.69) is 93.2 Å². The second-order valence-electron chi connectivity index (χ2n) is 6.61. The van der Waals surface area contributed by atoms with E-state index in [0.29, 0.717) is 9.76 Å². The molecule has 0 aromatic heterocycles. The van der Waals surface area contributed by atoms with Gasteiger partial charge in [0.1, 0.15) is 0 Å². The summed E-state index contributed by atoms with van der Waals surface area (Å²) in [6.45, 7) is 14.6. The fourth-order valence-electron chi connectivity index (χ4n) is 2.89. The van der Waals surface area contributed by atoms with Crippen LogP contribution in [0.15, 0.2) is 97.6 Å². The van der Waals surface area contributed by atoms with E-state index in [-0.39, 0.29) is 26.2 Å². The molecule has 160 valence electrons. The average Bonchev–Trinajstić information content (AvgIpc) is 3.34. The summed E-state index contributed by atoms with van der Waals surface area (Å²) in [6.07, 6.45) is 5.58. The molecule has 0 amide bonds. The summed E-state index contributed by atoms with van der Waals surface area (Å²) in [5.41, 5.74) is 2.74. The van der Waals surface area contributed by atoms with Gasteiger partial charge in [-0.15, -0.1) is 70.1 Å². The Bertz CT molecular complexity index is 936. The van der Waals surface area contributed by atoms with Crippen LogP contribution in [0.4, 0.5) is 0 Å². The number of fused-ring (bicyclic) bond motifs is 2. The van der Waals surface area contributed by atoms with Gasteiger partial charge in [0, 0.05) is 6.61 Å². The van der Waals surface area contributed by atoms with Crippen molar-refractivity contribution in [1.82, 2.24) is 0 Å². The zero-order chi connectivity index (χ0) is 22.2. The third kappa shape index (κ3) is 10.9. The van der Waals surface area contributed by atoms with E-state index in [1.807, 2.05) is 32.5 Å². The molecule has 0 spiro atoms. The number of hydrogen-bond acceptors (Lipinski definition) is 1. The Kier molecular flexibility index (Phi) is 16.8. The van der Waals surface area contributed by atoms with E-state index < -0.39 is 0 Å². The number of rotatable bonds is 3. The van der Waals surface area contributed by atoms with Gasteiger partial charge < -0.3 is 4.43 Å². The fourth-order valence-corrected chi connectivity index (χ4v) is 3.18. The van der Waals surface area contributed by atoms with Gasteiger partial charge in [-0.2, -0.15) is 23.3 Å². The molecule has 0 saturated heterocycles. The minimum atomic E-state index is 0. The molecule has 4 aromatic rings. The van der Waals surface area contributed by atoms with Crippen LogP contribution < -0.4 is 0 Å². The summed E-state index contributed by atoms with van der Waals surface area (Å²) in [6, 6.07) is 25.5. The van der Waals surface area contributed by atoms with E-state index in [4.69, 9.17) is 4.43 Å². The molecule has 0 heterocycles. The van der Waals surface area contributed by atoms with Crippen LogP contribution in [0.25, 0.3) is 21.5 Å². The van der Waals surface area contributed by atoms with Crippen LogP contribution in [0.3, 0.4) is 0 Å². The van der Waals surface area contributed by atoms with Gasteiger partial charge in [0.05, 0.1) is 0 Å². The Balaban J connectivity index is 0.000000407. The molecule has 31 heavy (non-hydrogen) atoms. The first-order chi connectivity index (χ1) is 14.6. The molecule has 0 saturated carbocycles. The Labute approximate surface area is 210 Å². The van der Waals surface area contributed by atoms with Crippen molar-refractivity contribution in [1.29, 1.82) is 0 Å². The van der Waals surface area contributed by atoms with Crippen molar-refractivity contribution in [2.75, 3.05) is 6.61 Å². The van der Waals surface area contributed by atoms with E-state index in [1.54, 1.807) is 6.08 Å². The van der Waals surface area contributed by atoms with Crippen LogP contribution in [0.1, 0.15) is 25.0 Å². The van der Waals surface area contributed by atoms with Crippen LogP contribution in [-0.4, -0.2) is 16.4 Å². The summed E-state index contributed by atoms with van der Waals surface area (Å²) in [4.78, 5) is 0. The first kappa shape index (κ1) is 29.2. The standard InChI is InChI=1S/2C10H9.C5H8.C3H8OSi.Zr/c2*1-8-6-7-9-4-2-3-5-10(8)9;1-3-5-4-2;1-3-4-5-2;/h2*2-7H,1H3;3-5H,1H2,2H3;3H2,1-2H3;/q2*-1;;;+2. The van der Waals surface area contributed by atoms with Crippen molar-refractivity contribution in [3.8, 4) is 0 Å². The van der Waals surface area contributed by atoms with Crippen LogP contribution >= 0.6 is 0 Å². The molecular formula is C28H34OSiZr. The Morgan fingerprint density at radius 3 is 1.61 bits per heavy atom. The van der Waals surface area contributed by atoms with Gasteiger partial charge in [-0.05, 0) is 20.4 Å². The molecule has 0 bridgehead atoms. The average molecular weight is 506 g/mol. The molecule has 1 nitrogen and oxygen atoms in total. The predicted molar refractivity (Wildman–Crippen MR) is 137 cm³/mol. The van der Waals surface area contributed by atoms with Crippen molar-refractivity contribution in [2.45, 2.75) is 34.2 Å². The monoisotopic (exact) mass is 504 g/mol. The molecule has 0 N–H and O–H groups in total. The van der Waals surface area contributed by atoms with E-state index in [9.17, 15) is 0 Å². The zero-order valence-corrected chi connectivity index (χ0v) is 22.9. The Hall–Kier alpha value is -1.80.